The molecule has 0 aliphatic heterocycles. The van der Waals surface area contributed by atoms with Crippen molar-refractivity contribution in [1.82, 2.24) is 14.6 Å². The minimum Gasteiger partial charge on any atom is -0.496 e. The molecule has 0 saturated carbocycles. The number of benzene rings is 2. The zero-order valence-electron chi connectivity index (χ0n) is 18.9. The third kappa shape index (κ3) is 5.71. The van der Waals surface area contributed by atoms with Gasteiger partial charge in [0.05, 0.1) is 24.4 Å². The number of halogens is 1. The van der Waals surface area contributed by atoms with Gasteiger partial charge in [-0.25, -0.2) is 13.1 Å². The zero-order chi connectivity index (χ0) is 24.2. The summed E-state index contributed by atoms with van der Waals surface area (Å²) in [5.41, 5.74) is 3.46. The second kappa shape index (κ2) is 10.3. The molecule has 33 heavy (non-hydrogen) atoms. The van der Waals surface area contributed by atoms with E-state index in [0.29, 0.717) is 5.69 Å². The quantitative estimate of drug-likeness (QED) is 0.516. The topological polar surface area (TPSA) is 88.6 Å². The summed E-state index contributed by atoms with van der Waals surface area (Å²) < 4.78 is 33.7. The molecule has 3 rings (SSSR count). The number of hydrogen-bond acceptors (Lipinski definition) is 5. The van der Waals surface area contributed by atoms with Crippen molar-refractivity contribution in [2.45, 2.75) is 31.8 Å². The standard InChI is InChI=1S/C24H26ClN3O4S/c1-16-13-26-21(17(2)23(16)32-4)15-28(3)24(29)19-10-11-20(25)22(12-19)33(30,31)27-14-18-8-6-5-7-9-18/h5-13,27H,14-15H2,1-4H3. The first-order valence-electron chi connectivity index (χ1n) is 10.2. The number of nitrogens with one attached hydrogen (secondary N) is 1. The van der Waals surface area contributed by atoms with E-state index in [1.54, 1.807) is 20.4 Å². The third-order valence-corrected chi connectivity index (χ3v) is 7.14. The Kier molecular flexibility index (Phi) is 7.73. The zero-order valence-corrected chi connectivity index (χ0v) is 20.5. The Morgan fingerprint density at radius 1 is 1.15 bits per heavy atom. The molecule has 0 aliphatic rings. The van der Waals surface area contributed by atoms with Crippen LogP contribution in [0.15, 0.2) is 59.6 Å². The van der Waals surface area contributed by atoms with Gasteiger partial charge in [0.2, 0.25) is 10.0 Å². The molecular weight excluding hydrogens is 462 g/mol. The number of aromatic nitrogens is 1. The number of methoxy groups -OCH3 is 1. The number of pyridine rings is 1. The number of carbonyl (C=O) groups excluding carboxylic acids is 1. The average molecular weight is 488 g/mol. The van der Waals surface area contributed by atoms with Crippen LogP contribution in [0.25, 0.3) is 0 Å². The highest BCUT2D eigenvalue weighted by Crippen LogP contribution is 2.26. The molecule has 1 amide bonds. The lowest BCUT2D eigenvalue weighted by atomic mass is 10.1. The molecule has 1 N–H and O–H groups in total. The van der Waals surface area contributed by atoms with Crippen molar-refractivity contribution in [3.63, 3.8) is 0 Å². The van der Waals surface area contributed by atoms with Gasteiger partial charge < -0.3 is 9.64 Å². The van der Waals surface area contributed by atoms with Crippen LogP contribution in [0, 0.1) is 13.8 Å². The van der Waals surface area contributed by atoms with Crippen LogP contribution in [0.5, 0.6) is 5.75 Å². The van der Waals surface area contributed by atoms with Crippen molar-refractivity contribution in [2.24, 2.45) is 0 Å². The lowest BCUT2D eigenvalue weighted by Gasteiger charge is -2.20. The third-order valence-electron chi connectivity index (χ3n) is 5.26. The van der Waals surface area contributed by atoms with Crippen LogP contribution in [0.2, 0.25) is 5.02 Å². The van der Waals surface area contributed by atoms with E-state index in [0.717, 1.165) is 22.4 Å². The first-order valence-corrected chi connectivity index (χ1v) is 12.1. The summed E-state index contributed by atoms with van der Waals surface area (Å²) in [6, 6.07) is 13.3. The highest BCUT2D eigenvalue weighted by molar-refractivity contribution is 7.89. The lowest BCUT2D eigenvalue weighted by Crippen LogP contribution is -2.28. The van der Waals surface area contributed by atoms with Crippen LogP contribution in [-0.4, -0.2) is 38.4 Å². The van der Waals surface area contributed by atoms with Gasteiger partial charge in [-0.15, -0.1) is 0 Å². The van der Waals surface area contributed by atoms with E-state index in [9.17, 15) is 13.2 Å². The van der Waals surface area contributed by atoms with Crippen LogP contribution in [0.4, 0.5) is 0 Å². The predicted octanol–water partition coefficient (Wildman–Crippen LogP) is 4.11. The van der Waals surface area contributed by atoms with Gasteiger partial charge in [-0.1, -0.05) is 41.9 Å². The van der Waals surface area contributed by atoms with Gasteiger partial charge in [-0.05, 0) is 37.6 Å². The summed E-state index contributed by atoms with van der Waals surface area (Å²) >= 11 is 6.18. The number of nitrogens with zero attached hydrogens (tertiary/aromatic N) is 2. The van der Waals surface area contributed by atoms with Gasteiger partial charge in [0.15, 0.2) is 0 Å². The van der Waals surface area contributed by atoms with Crippen molar-refractivity contribution in [1.29, 1.82) is 0 Å². The van der Waals surface area contributed by atoms with Crippen molar-refractivity contribution >= 4 is 27.5 Å². The lowest BCUT2D eigenvalue weighted by molar-refractivity contribution is 0.0783. The Morgan fingerprint density at radius 3 is 2.52 bits per heavy atom. The molecule has 0 unspecified atom stereocenters. The maximum atomic E-state index is 13.1. The average Bonchev–Trinajstić information content (AvgIpc) is 2.80. The van der Waals surface area contributed by atoms with Gasteiger partial charge >= 0.3 is 0 Å². The van der Waals surface area contributed by atoms with E-state index in [1.807, 2.05) is 44.2 Å². The minimum atomic E-state index is -3.93. The molecule has 0 aliphatic carbocycles. The van der Waals surface area contributed by atoms with Crippen molar-refractivity contribution in [2.75, 3.05) is 14.2 Å². The Balaban J connectivity index is 1.81. The number of sulfonamides is 1. The van der Waals surface area contributed by atoms with E-state index < -0.39 is 10.0 Å². The van der Waals surface area contributed by atoms with E-state index in [2.05, 4.69) is 9.71 Å². The van der Waals surface area contributed by atoms with Crippen molar-refractivity contribution in [3.8, 4) is 5.75 Å². The first kappa shape index (κ1) is 24.7. The van der Waals surface area contributed by atoms with Crippen molar-refractivity contribution in [3.05, 3.63) is 87.7 Å². The number of aryl methyl sites for hydroxylation is 1. The molecule has 1 aromatic heterocycles. The number of carbonyl (C=O) groups is 1. The summed E-state index contributed by atoms with van der Waals surface area (Å²) in [7, 11) is -0.708. The Bertz CT molecular complexity index is 1260. The van der Waals surface area contributed by atoms with E-state index in [-0.39, 0.29) is 34.5 Å². The van der Waals surface area contributed by atoms with Gasteiger partial charge in [-0.2, -0.15) is 0 Å². The fourth-order valence-corrected chi connectivity index (χ4v) is 4.98. The molecule has 174 valence electrons. The van der Waals surface area contributed by atoms with Gasteiger partial charge in [-0.3, -0.25) is 9.78 Å². The second-order valence-corrected chi connectivity index (χ2v) is 9.81. The molecule has 3 aromatic rings. The molecule has 7 nitrogen and oxygen atoms in total. The predicted molar refractivity (Wildman–Crippen MR) is 128 cm³/mol. The van der Waals surface area contributed by atoms with E-state index in [1.165, 1.54) is 23.1 Å². The highest BCUT2D eigenvalue weighted by Gasteiger charge is 2.22. The maximum absolute atomic E-state index is 13.1. The summed E-state index contributed by atoms with van der Waals surface area (Å²) in [4.78, 5) is 18.8. The number of ether oxygens (including phenoxy) is 1. The molecule has 0 bridgehead atoms. The fourth-order valence-electron chi connectivity index (χ4n) is 3.44. The number of rotatable bonds is 8. The summed E-state index contributed by atoms with van der Waals surface area (Å²) in [6.45, 7) is 4.13. The van der Waals surface area contributed by atoms with Crippen molar-refractivity contribution < 1.29 is 17.9 Å². The molecular formula is C24H26ClN3O4S. The Labute approximate surface area is 199 Å². The molecule has 2 aromatic carbocycles. The van der Waals surface area contributed by atoms with Gasteiger partial charge in [0.1, 0.15) is 10.6 Å². The smallest absolute Gasteiger partial charge is 0.253 e. The number of amides is 1. The van der Waals surface area contributed by atoms with Crippen LogP contribution in [0.1, 0.15) is 32.7 Å². The van der Waals surface area contributed by atoms with Crippen LogP contribution in [0.3, 0.4) is 0 Å². The molecule has 9 heteroatoms. The molecule has 0 saturated heterocycles. The second-order valence-electron chi connectivity index (χ2n) is 7.66. The van der Waals surface area contributed by atoms with Crippen LogP contribution >= 0.6 is 11.6 Å². The van der Waals surface area contributed by atoms with Gasteiger partial charge in [0.25, 0.3) is 5.91 Å². The normalized spacial score (nSPS) is 11.3. The Hall–Kier alpha value is -2.94. The SMILES string of the molecule is COc1c(C)cnc(CN(C)C(=O)c2ccc(Cl)c(S(=O)(=O)NCc3ccccc3)c2)c1C. The van der Waals surface area contributed by atoms with Gasteiger partial charge in [0, 0.05) is 36.5 Å². The molecule has 0 spiro atoms. The highest BCUT2D eigenvalue weighted by atomic mass is 35.5. The molecule has 0 radical (unpaired) electrons. The van der Waals surface area contributed by atoms with Crippen LogP contribution in [-0.2, 0) is 23.1 Å². The Morgan fingerprint density at radius 2 is 1.85 bits per heavy atom. The monoisotopic (exact) mass is 487 g/mol. The molecule has 0 fully saturated rings. The number of hydrogen-bond donors (Lipinski definition) is 1. The van der Waals surface area contributed by atoms with Crippen LogP contribution < -0.4 is 9.46 Å². The van der Waals surface area contributed by atoms with E-state index >= 15 is 0 Å². The van der Waals surface area contributed by atoms with E-state index in [4.69, 9.17) is 16.3 Å². The largest absolute Gasteiger partial charge is 0.496 e. The fraction of sp³-hybridized carbons (Fsp3) is 0.250. The summed E-state index contributed by atoms with van der Waals surface area (Å²) in [6.07, 6.45) is 1.70. The summed E-state index contributed by atoms with van der Waals surface area (Å²) in [5.74, 6) is 0.372. The molecule has 1 heterocycles. The summed E-state index contributed by atoms with van der Waals surface area (Å²) in [5, 5.41) is 0.0375. The minimum absolute atomic E-state index is 0.0375. The maximum Gasteiger partial charge on any atom is 0.253 e. The molecule has 0 atom stereocenters. The first-order chi connectivity index (χ1) is 15.6.